The van der Waals surface area contributed by atoms with Crippen LogP contribution in [0.2, 0.25) is 0 Å². The van der Waals surface area contributed by atoms with Crippen LogP contribution in [0.25, 0.3) is 11.3 Å². The number of hydrogen-bond acceptors (Lipinski definition) is 5. The van der Waals surface area contributed by atoms with Crippen LogP contribution in [0.15, 0.2) is 47.0 Å². The molecular weight excluding hydrogens is 358 g/mol. The van der Waals surface area contributed by atoms with Gasteiger partial charge in [0, 0.05) is 17.7 Å². The Bertz CT molecular complexity index is 1010. The highest BCUT2D eigenvalue weighted by Crippen LogP contribution is 2.23. The molecule has 8 heteroatoms. The molecule has 27 heavy (non-hydrogen) atoms. The second-order valence-electron chi connectivity index (χ2n) is 5.70. The fraction of sp³-hybridized carbons (Fsp3) is 0.105. The lowest BCUT2D eigenvalue weighted by molar-refractivity contribution is 0.0595. The van der Waals surface area contributed by atoms with Gasteiger partial charge in [-0.15, -0.1) is 0 Å². The standard InChI is InChI=1S/C19H14F2N2O4/c1-10-3-5-11(6-4-10)15-9-17(27-23-15)18(24)22-16-7-12(19(25)26-2)13(20)8-14(16)21/h3-9H,1-2H3,(H,22,24). The van der Waals surface area contributed by atoms with Crippen molar-refractivity contribution in [1.82, 2.24) is 5.16 Å². The van der Waals surface area contributed by atoms with Crippen LogP contribution in [0.4, 0.5) is 14.5 Å². The van der Waals surface area contributed by atoms with Crippen molar-refractivity contribution in [3.63, 3.8) is 0 Å². The molecule has 0 unspecified atom stereocenters. The smallest absolute Gasteiger partial charge is 0.340 e. The summed E-state index contributed by atoms with van der Waals surface area (Å²) in [7, 11) is 1.06. The van der Waals surface area contributed by atoms with E-state index in [0.29, 0.717) is 11.8 Å². The van der Waals surface area contributed by atoms with Crippen molar-refractivity contribution in [1.29, 1.82) is 0 Å². The van der Waals surface area contributed by atoms with Crippen molar-refractivity contribution in [2.24, 2.45) is 0 Å². The Morgan fingerprint density at radius 3 is 2.44 bits per heavy atom. The van der Waals surface area contributed by atoms with E-state index < -0.39 is 34.8 Å². The fourth-order valence-electron chi connectivity index (χ4n) is 2.34. The van der Waals surface area contributed by atoms with Gasteiger partial charge in [0.25, 0.3) is 5.91 Å². The maximum atomic E-state index is 13.9. The van der Waals surface area contributed by atoms with E-state index in [1.807, 2.05) is 31.2 Å². The molecule has 1 heterocycles. The second kappa shape index (κ2) is 7.36. The number of aryl methyl sites for hydroxylation is 1. The minimum absolute atomic E-state index is 0.172. The van der Waals surface area contributed by atoms with Gasteiger partial charge in [-0.1, -0.05) is 35.0 Å². The van der Waals surface area contributed by atoms with Gasteiger partial charge < -0.3 is 14.6 Å². The molecule has 0 saturated heterocycles. The summed E-state index contributed by atoms with van der Waals surface area (Å²) in [5, 5.41) is 6.04. The summed E-state index contributed by atoms with van der Waals surface area (Å²) in [5.41, 5.74) is 1.33. The van der Waals surface area contributed by atoms with Crippen LogP contribution < -0.4 is 5.32 Å². The Kier molecular flexibility index (Phi) is 4.98. The molecule has 138 valence electrons. The molecule has 0 atom stereocenters. The summed E-state index contributed by atoms with van der Waals surface area (Å²) in [6.45, 7) is 1.94. The van der Waals surface area contributed by atoms with Gasteiger partial charge in [0.2, 0.25) is 5.76 Å². The normalized spacial score (nSPS) is 10.5. The van der Waals surface area contributed by atoms with Crippen LogP contribution in [0.1, 0.15) is 26.5 Å². The first-order valence-corrected chi connectivity index (χ1v) is 7.81. The largest absolute Gasteiger partial charge is 0.465 e. The number of aromatic nitrogens is 1. The minimum Gasteiger partial charge on any atom is -0.465 e. The first kappa shape index (κ1) is 18.2. The van der Waals surface area contributed by atoms with Gasteiger partial charge >= 0.3 is 5.97 Å². The number of methoxy groups -OCH3 is 1. The first-order chi connectivity index (χ1) is 12.9. The maximum absolute atomic E-state index is 13.9. The van der Waals surface area contributed by atoms with Gasteiger partial charge in [0.15, 0.2) is 0 Å². The van der Waals surface area contributed by atoms with Gasteiger partial charge in [-0.3, -0.25) is 4.79 Å². The van der Waals surface area contributed by atoms with Crippen LogP contribution in [0, 0.1) is 18.6 Å². The summed E-state index contributed by atoms with van der Waals surface area (Å²) in [6.07, 6.45) is 0. The third kappa shape index (κ3) is 3.84. The van der Waals surface area contributed by atoms with Crippen LogP contribution in [-0.2, 0) is 4.74 Å². The second-order valence-corrected chi connectivity index (χ2v) is 5.70. The van der Waals surface area contributed by atoms with E-state index in [4.69, 9.17) is 4.52 Å². The SMILES string of the molecule is COC(=O)c1cc(NC(=O)c2cc(-c3ccc(C)cc3)no2)c(F)cc1F. The average Bonchev–Trinajstić information content (AvgIpc) is 3.14. The summed E-state index contributed by atoms with van der Waals surface area (Å²) in [5.74, 6) is -4.12. The molecule has 3 aromatic rings. The predicted molar refractivity (Wildman–Crippen MR) is 92.3 cm³/mol. The average molecular weight is 372 g/mol. The lowest BCUT2D eigenvalue weighted by Gasteiger charge is -2.07. The highest BCUT2D eigenvalue weighted by Gasteiger charge is 2.20. The highest BCUT2D eigenvalue weighted by atomic mass is 19.1. The van der Waals surface area contributed by atoms with E-state index >= 15 is 0 Å². The number of hydrogen-bond donors (Lipinski definition) is 1. The summed E-state index contributed by atoms with van der Waals surface area (Å²) in [6, 6.07) is 10.1. The maximum Gasteiger partial charge on any atom is 0.340 e. The molecular formula is C19H14F2N2O4. The van der Waals surface area contributed by atoms with E-state index in [1.165, 1.54) is 6.07 Å². The Morgan fingerprint density at radius 1 is 1.07 bits per heavy atom. The number of anilines is 1. The van der Waals surface area contributed by atoms with Crippen LogP contribution in [0.3, 0.4) is 0 Å². The molecule has 0 aliphatic carbocycles. The van der Waals surface area contributed by atoms with Crippen LogP contribution in [-0.4, -0.2) is 24.1 Å². The molecule has 0 spiro atoms. The van der Waals surface area contributed by atoms with Gasteiger partial charge in [0.1, 0.15) is 17.3 Å². The molecule has 0 radical (unpaired) electrons. The zero-order valence-corrected chi connectivity index (χ0v) is 14.4. The van der Waals surface area contributed by atoms with Crippen molar-refractivity contribution >= 4 is 17.6 Å². The molecule has 1 amide bonds. The zero-order valence-electron chi connectivity index (χ0n) is 14.4. The van der Waals surface area contributed by atoms with Gasteiger partial charge in [-0.25, -0.2) is 13.6 Å². The predicted octanol–water partition coefficient (Wildman–Crippen LogP) is 3.97. The van der Waals surface area contributed by atoms with E-state index in [0.717, 1.165) is 24.3 Å². The van der Waals surface area contributed by atoms with Crippen molar-refractivity contribution in [2.75, 3.05) is 12.4 Å². The fourth-order valence-corrected chi connectivity index (χ4v) is 2.34. The molecule has 0 aliphatic heterocycles. The third-order valence-electron chi connectivity index (χ3n) is 3.79. The third-order valence-corrected chi connectivity index (χ3v) is 3.79. The molecule has 1 aromatic heterocycles. The first-order valence-electron chi connectivity index (χ1n) is 7.81. The topological polar surface area (TPSA) is 81.4 Å². The lowest BCUT2D eigenvalue weighted by Crippen LogP contribution is -2.14. The molecule has 0 fully saturated rings. The van der Waals surface area contributed by atoms with Gasteiger partial charge in [-0.05, 0) is 13.0 Å². The summed E-state index contributed by atoms with van der Waals surface area (Å²) in [4.78, 5) is 23.8. The molecule has 0 bridgehead atoms. The van der Waals surface area contributed by atoms with Crippen molar-refractivity contribution in [3.05, 3.63) is 71.0 Å². The van der Waals surface area contributed by atoms with Gasteiger partial charge in [-0.2, -0.15) is 0 Å². The Balaban J connectivity index is 1.84. The number of carbonyl (C=O) groups excluding carboxylic acids is 2. The van der Waals surface area contributed by atoms with Crippen molar-refractivity contribution in [3.8, 4) is 11.3 Å². The number of amides is 1. The number of esters is 1. The quantitative estimate of drug-likeness (QED) is 0.701. The molecule has 2 aromatic carbocycles. The minimum atomic E-state index is -1.10. The van der Waals surface area contributed by atoms with E-state index in [-0.39, 0.29) is 5.76 Å². The van der Waals surface area contributed by atoms with E-state index in [9.17, 15) is 18.4 Å². The monoisotopic (exact) mass is 372 g/mol. The number of benzene rings is 2. The lowest BCUT2D eigenvalue weighted by atomic mass is 10.1. The Hall–Kier alpha value is -3.55. The number of ether oxygens (including phenoxy) is 1. The Morgan fingerprint density at radius 2 is 1.78 bits per heavy atom. The molecule has 1 N–H and O–H groups in total. The number of rotatable bonds is 4. The summed E-state index contributed by atoms with van der Waals surface area (Å²) >= 11 is 0. The zero-order chi connectivity index (χ0) is 19.6. The van der Waals surface area contributed by atoms with Crippen molar-refractivity contribution < 1.29 is 27.6 Å². The van der Waals surface area contributed by atoms with Crippen LogP contribution in [0.5, 0.6) is 0 Å². The van der Waals surface area contributed by atoms with Crippen LogP contribution >= 0.6 is 0 Å². The summed E-state index contributed by atoms with van der Waals surface area (Å²) < 4.78 is 37.0. The number of carbonyl (C=O) groups is 2. The molecule has 0 aliphatic rings. The number of nitrogens with one attached hydrogen (secondary N) is 1. The van der Waals surface area contributed by atoms with Crippen molar-refractivity contribution in [2.45, 2.75) is 6.92 Å². The Labute approximate surface area is 152 Å². The van der Waals surface area contributed by atoms with Gasteiger partial charge in [0.05, 0.1) is 18.4 Å². The number of halogens is 2. The van der Waals surface area contributed by atoms with E-state index in [1.54, 1.807) is 0 Å². The van der Waals surface area contributed by atoms with E-state index in [2.05, 4.69) is 15.2 Å². The highest BCUT2D eigenvalue weighted by molar-refractivity contribution is 6.03. The number of nitrogens with zero attached hydrogens (tertiary/aromatic N) is 1. The molecule has 0 saturated carbocycles. The molecule has 6 nitrogen and oxygen atoms in total. The molecule has 3 rings (SSSR count).